The highest BCUT2D eigenvalue weighted by Crippen LogP contribution is 2.31. The van der Waals surface area contributed by atoms with Crippen molar-refractivity contribution in [2.45, 2.75) is 51.6 Å². The number of benzene rings is 1. The molecule has 1 aromatic carbocycles. The predicted molar refractivity (Wildman–Crippen MR) is 79.1 cm³/mol. The number of nitrogens with zero attached hydrogens (tertiary/aromatic N) is 2. The van der Waals surface area contributed by atoms with Gasteiger partial charge >= 0.3 is 0 Å². The molecule has 3 heteroatoms. The van der Waals surface area contributed by atoms with E-state index in [4.69, 9.17) is 5.73 Å². The lowest BCUT2D eigenvalue weighted by atomic mass is 9.90. The molecule has 19 heavy (non-hydrogen) atoms. The van der Waals surface area contributed by atoms with Gasteiger partial charge < -0.3 is 10.6 Å². The third-order valence-electron chi connectivity index (χ3n) is 4.17. The van der Waals surface area contributed by atoms with Crippen molar-refractivity contribution in [3.05, 3.63) is 29.3 Å². The highest BCUT2D eigenvalue weighted by Gasteiger charge is 2.25. The summed E-state index contributed by atoms with van der Waals surface area (Å²) in [6.45, 7) is 5.20. The molecular weight excluding hydrogens is 234 g/mol. The van der Waals surface area contributed by atoms with Crippen LogP contribution >= 0.6 is 0 Å². The van der Waals surface area contributed by atoms with E-state index in [1.54, 1.807) is 0 Å². The molecule has 2 rings (SSSR count). The molecule has 0 saturated heterocycles. The SMILES string of the molecule is CCN(c1c(C)cccc1C#N)C1CCC(N)CC1. The third-order valence-corrected chi connectivity index (χ3v) is 4.17. The van der Waals surface area contributed by atoms with E-state index in [9.17, 15) is 5.26 Å². The molecule has 102 valence electrons. The number of hydrogen-bond donors (Lipinski definition) is 1. The van der Waals surface area contributed by atoms with Gasteiger partial charge in [-0.1, -0.05) is 12.1 Å². The van der Waals surface area contributed by atoms with E-state index in [1.165, 1.54) is 5.56 Å². The Hall–Kier alpha value is -1.53. The van der Waals surface area contributed by atoms with Gasteiger partial charge in [0.2, 0.25) is 0 Å². The summed E-state index contributed by atoms with van der Waals surface area (Å²) in [7, 11) is 0. The van der Waals surface area contributed by atoms with E-state index in [0.717, 1.165) is 43.5 Å². The van der Waals surface area contributed by atoms with Gasteiger partial charge in [-0.05, 0) is 51.2 Å². The minimum Gasteiger partial charge on any atom is -0.368 e. The van der Waals surface area contributed by atoms with Crippen molar-refractivity contribution in [1.29, 1.82) is 5.26 Å². The van der Waals surface area contributed by atoms with Gasteiger partial charge in [-0.2, -0.15) is 5.26 Å². The van der Waals surface area contributed by atoms with Crippen LogP contribution in [0.15, 0.2) is 18.2 Å². The molecule has 1 saturated carbocycles. The molecule has 0 unspecified atom stereocenters. The topological polar surface area (TPSA) is 53.0 Å². The fourth-order valence-corrected chi connectivity index (χ4v) is 3.14. The quantitative estimate of drug-likeness (QED) is 0.905. The van der Waals surface area contributed by atoms with Crippen LogP contribution in [0.25, 0.3) is 0 Å². The third kappa shape index (κ3) is 2.90. The summed E-state index contributed by atoms with van der Waals surface area (Å²) in [6, 6.07) is 9.19. The molecular formula is C16H23N3. The first-order valence-electron chi connectivity index (χ1n) is 7.19. The molecule has 0 atom stereocenters. The van der Waals surface area contributed by atoms with Crippen LogP contribution in [0.2, 0.25) is 0 Å². The second kappa shape index (κ2) is 6.08. The molecule has 1 aromatic rings. The zero-order valence-corrected chi connectivity index (χ0v) is 11.9. The van der Waals surface area contributed by atoms with Gasteiger partial charge in [-0.3, -0.25) is 0 Å². The van der Waals surface area contributed by atoms with E-state index >= 15 is 0 Å². The normalized spacial score (nSPS) is 22.8. The van der Waals surface area contributed by atoms with Crippen LogP contribution in [0, 0.1) is 18.3 Å². The van der Waals surface area contributed by atoms with Crippen molar-refractivity contribution in [2.24, 2.45) is 5.73 Å². The number of nitriles is 1. The van der Waals surface area contributed by atoms with Gasteiger partial charge in [0.15, 0.2) is 0 Å². The van der Waals surface area contributed by atoms with Crippen molar-refractivity contribution < 1.29 is 0 Å². The average Bonchev–Trinajstić information content (AvgIpc) is 2.43. The first-order chi connectivity index (χ1) is 9.17. The number of anilines is 1. The highest BCUT2D eigenvalue weighted by molar-refractivity contribution is 5.64. The van der Waals surface area contributed by atoms with Gasteiger partial charge in [-0.25, -0.2) is 0 Å². The Labute approximate surface area is 116 Å². The largest absolute Gasteiger partial charge is 0.368 e. The maximum atomic E-state index is 9.33. The van der Waals surface area contributed by atoms with Crippen molar-refractivity contribution in [3.63, 3.8) is 0 Å². The highest BCUT2D eigenvalue weighted by atomic mass is 15.2. The maximum absolute atomic E-state index is 9.33. The van der Waals surface area contributed by atoms with E-state index < -0.39 is 0 Å². The monoisotopic (exact) mass is 257 g/mol. The summed E-state index contributed by atoms with van der Waals surface area (Å²) in [5, 5.41) is 9.33. The summed E-state index contributed by atoms with van der Waals surface area (Å²) in [5.41, 5.74) is 9.09. The zero-order chi connectivity index (χ0) is 13.8. The fraction of sp³-hybridized carbons (Fsp3) is 0.562. The summed E-state index contributed by atoms with van der Waals surface area (Å²) in [6.07, 6.45) is 4.45. The summed E-state index contributed by atoms with van der Waals surface area (Å²) < 4.78 is 0. The van der Waals surface area contributed by atoms with E-state index in [2.05, 4.69) is 30.9 Å². The minimum absolute atomic E-state index is 0.363. The Kier molecular flexibility index (Phi) is 4.44. The van der Waals surface area contributed by atoms with Gasteiger partial charge in [0.25, 0.3) is 0 Å². The molecule has 2 N–H and O–H groups in total. The Balaban J connectivity index is 2.30. The molecule has 0 heterocycles. The molecule has 0 radical (unpaired) electrons. The Morgan fingerprint density at radius 2 is 2.00 bits per heavy atom. The standard InChI is InChI=1S/C16H23N3/c1-3-19(15-9-7-14(18)8-10-15)16-12(2)5-4-6-13(16)11-17/h4-6,14-15H,3,7-10,18H2,1-2H3. The summed E-state index contributed by atoms with van der Waals surface area (Å²) >= 11 is 0. The average molecular weight is 257 g/mol. The van der Waals surface area contributed by atoms with Gasteiger partial charge in [0.1, 0.15) is 6.07 Å². The van der Waals surface area contributed by atoms with Crippen LogP contribution in [-0.4, -0.2) is 18.6 Å². The summed E-state index contributed by atoms with van der Waals surface area (Å²) in [4.78, 5) is 2.40. The lowest BCUT2D eigenvalue weighted by molar-refractivity contribution is 0.378. The Bertz CT molecular complexity index is 467. The molecule has 1 aliphatic carbocycles. The molecule has 0 aliphatic heterocycles. The number of hydrogen-bond acceptors (Lipinski definition) is 3. The van der Waals surface area contributed by atoms with Crippen molar-refractivity contribution in [2.75, 3.05) is 11.4 Å². The van der Waals surface area contributed by atoms with Crippen LogP contribution < -0.4 is 10.6 Å². The molecule has 0 spiro atoms. The molecule has 0 aromatic heterocycles. The van der Waals surface area contributed by atoms with Crippen molar-refractivity contribution >= 4 is 5.69 Å². The number of nitrogens with two attached hydrogens (primary N) is 1. The van der Waals surface area contributed by atoms with Crippen LogP contribution in [0.4, 0.5) is 5.69 Å². The predicted octanol–water partition coefficient (Wildman–Crippen LogP) is 2.96. The van der Waals surface area contributed by atoms with Crippen LogP contribution in [0.1, 0.15) is 43.7 Å². The lowest BCUT2D eigenvalue weighted by Crippen LogP contribution is -2.41. The maximum Gasteiger partial charge on any atom is 0.101 e. The minimum atomic E-state index is 0.363. The second-order valence-electron chi connectivity index (χ2n) is 5.44. The fourth-order valence-electron chi connectivity index (χ4n) is 3.14. The molecule has 1 aliphatic rings. The van der Waals surface area contributed by atoms with E-state index in [-0.39, 0.29) is 0 Å². The summed E-state index contributed by atoms with van der Waals surface area (Å²) in [5.74, 6) is 0. The van der Waals surface area contributed by atoms with Crippen molar-refractivity contribution in [3.8, 4) is 6.07 Å². The molecule has 1 fully saturated rings. The van der Waals surface area contributed by atoms with E-state index in [0.29, 0.717) is 12.1 Å². The van der Waals surface area contributed by atoms with Gasteiger partial charge in [-0.15, -0.1) is 0 Å². The zero-order valence-electron chi connectivity index (χ0n) is 11.9. The number of aryl methyl sites for hydroxylation is 1. The molecule has 0 bridgehead atoms. The number of para-hydroxylation sites is 1. The first-order valence-corrected chi connectivity index (χ1v) is 7.19. The van der Waals surface area contributed by atoms with Crippen molar-refractivity contribution in [1.82, 2.24) is 0 Å². The Morgan fingerprint density at radius 3 is 2.58 bits per heavy atom. The van der Waals surface area contributed by atoms with Gasteiger partial charge in [0.05, 0.1) is 11.3 Å². The van der Waals surface area contributed by atoms with Crippen LogP contribution in [0.5, 0.6) is 0 Å². The van der Waals surface area contributed by atoms with Crippen LogP contribution in [-0.2, 0) is 0 Å². The number of rotatable bonds is 3. The van der Waals surface area contributed by atoms with Gasteiger partial charge in [0, 0.05) is 18.6 Å². The van der Waals surface area contributed by atoms with E-state index in [1.807, 2.05) is 12.1 Å². The van der Waals surface area contributed by atoms with Crippen LogP contribution in [0.3, 0.4) is 0 Å². The second-order valence-corrected chi connectivity index (χ2v) is 5.44. The first kappa shape index (κ1) is 13.9. The smallest absolute Gasteiger partial charge is 0.101 e. The molecule has 3 nitrogen and oxygen atoms in total. The molecule has 0 amide bonds. The Morgan fingerprint density at radius 1 is 1.32 bits per heavy atom. The lowest BCUT2D eigenvalue weighted by Gasteiger charge is -2.38.